The van der Waals surface area contributed by atoms with Crippen LogP contribution >= 0.6 is 11.3 Å². The van der Waals surface area contributed by atoms with Gasteiger partial charge in [0, 0.05) is 80.2 Å². The van der Waals surface area contributed by atoms with Crippen molar-refractivity contribution in [2.75, 3.05) is 41.3 Å². The number of hydrogen-bond acceptors (Lipinski definition) is 14. The maximum absolute atomic E-state index is 16.2. The minimum atomic E-state index is -4.74. The Labute approximate surface area is 502 Å². The van der Waals surface area contributed by atoms with Gasteiger partial charge in [-0.15, -0.1) is 6.42 Å². The number of rotatable bonds is 16. The van der Waals surface area contributed by atoms with Crippen molar-refractivity contribution in [3.05, 3.63) is 148 Å². The highest BCUT2D eigenvalue weighted by Crippen LogP contribution is 2.36. The fraction of sp³-hybridized carbons (Fsp3) is 0.375. The molecule has 0 bridgehead atoms. The third kappa shape index (κ3) is 12.6. The molecule has 0 unspecified atom stereocenters. The van der Waals surface area contributed by atoms with Gasteiger partial charge in [0.2, 0.25) is 17.7 Å². The number of amides is 5. The molecule has 19 nitrogen and oxygen atoms in total. The van der Waals surface area contributed by atoms with Gasteiger partial charge < -0.3 is 30.4 Å². The largest absolute Gasteiger partial charge is 0.391 e. The SMILES string of the molecule is C#Cc1ccc(CNC(=O)[C@@H]2C[C@@H](O)CN2C(=O)[C@@H](NC(=O)C2CN(c3ccc(S(=O)(=O)NC(=O)c4nc(N5CCc6cccc(C(=O)Nc7nc8ccccc8s7)c6C5)ccc4-c4cnn(CC5CCCCC5)c4C)cc3F)C2)C(C)(C)C)cc1. The van der Waals surface area contributed by atoms with Crippen molar-refractivity contribution in [3.8, 4) is 23.5 Å². The predicted octanol–water partition coefficient (Wildman–Crippen LogP) is 7.74. The van der Waals surface area contributed by atoms with Crippen LogP contribution in [0.5, 0.6) is 0 Å². The molecule has 6 heterocycles. The van der Waals surface area contributed by atoms with Crippen LogP contribution < -0.4 is 30.5 Å². The maximum atomic E-state index is 16.2. The Bertz CT molecular complexity index is 3900. The number of carbonyl (C=O) groups excluding carboxylic acids is 5. The number of terminal acetylenes is 1. The van der Waals surface area contributed by atoms with Gasteiger partial charge in [0.25, 0.3) is 21.8 Å². The summed E-state index contributed by atoms with van der Waals surface area (Å²) in [6.07, 6.45) is 12.4. The molecule has 0 radical (unpaired) electrons. The van der Waals surface area contributed by atoms with Crippen molar-refractivity contribution in [2.45, 2.75) is 115 Å². The molecule has 4 aromatic carbocycles. The number of sulfonamides is 1. The Morgan fingerprint density at radius 3 is 2.37 bits per heavy atom. The molecule has 22 heteroatoms. The summed E-state index contributed by atoms with van der Waals surface area (Å²) in [4.78, 5) is 83.9. The minimum absolute atomic E-state index is 0.0155. The van der Waals surface area contributed by atoms with Crippen LogP contribution in [0.4, 0.5) is 21.0 Å². The monoisotopic (exact) mass is 1200 g/mol. The summed E-state index contributed by atoms with van der Waals surface area (Å²) in [5, 5.41) is 24.6. The highest BCUT2D eigenvalue weighted by atomic mass is 32.2. The number of nitrogens with zero attached hydrogens (tertiary/aromatic N) is 7. The van der Waals surface area contributed by atoms with Crippen LogP contribution in [0.2, 0.25) is 0 Å². The first-order valence-corrected chi connectivity index (χ1v) is 31.3. The summed E-state index contributed by atoms with van der Waals surface area (Å²) in [5.74, 6) is -1.07. The zero-order valence-corrected chi connectivity index (χ0v) is 49.9. The van der Waals surface area contributed by atoms with Crippen molar-refractivity contribution < 1.29 is 41.9 Å². The molecule has 0 spiro atoms. The number of aliphatic hydroxyl groups excluding tert-OH is 1. The fourth-order valence-corrected chi connectivity index (χ4v) is 13.8. The lowest BCUT2D eigenvalue weighted by Crippen LogP contribution is -2.61. The second kappa shape index (κ2) is 24.5. The van der Waals surface area contributed by atoms with Gasteiger partial charge in [-0.2, -0.15) is 5.10 Å². The van der Waals surface area contributed by atoms with Gasteiger partial charge in [-0.1, -0.05) is 93.7 Å². The van der Waals surface area contributed by atoms with Gasteiger partial charge >= 0.3 is 0 Å². The molecule has 3 aromatic heterocycles. The van der Waals surface area contributed by atoms with Crippen LogP contribution in [0.25, 0.3) is 21.3 Å². The summed E-state index contributed by atoms with van der Waals surface area (Å²) in [6, 6.07) is 25.0. The van der Waals surface area contributed by atoms with E-state index in [0.717, 1.165) is 64.4 Å². The lowest BCUT2D eigenvalue weighted by molar-refractivity contribution is -0.144. The number of pyridine rings is 1. The van der Waals surface area contributed by atoms with Crippen molar-refractivity contribution >= 4 is 77.7 Å². The number of fused-ring (bicyclic) bond motifs is 2. The van der Waals surface area contributed by atoms with E-state index < -0.39 is 73.9 Å². The zero-order valence-electron chi connectivity index (χ0n) is 48.3. The first-order chi connectivity index (χ1) is 41.2. The molecule has 86 heavy (non-hydrogen) atoms. The zero-order chi connectivity index (χ0) is 60.6. The number of carbonyl (C=O) groups is 5. The second-order valence-corrected chi connectivity index (χ2v) is 26.6. The average molecular weight is 1200 g/mol. The third-order valence-electron chi connectivity index (χ3n) is 16.9. The normalized spacial score (nSPS) is 17.8. The van der Waals surface area contributed by atoms with Crippen molar-refractivity contribution in [3.63, 3.8) is 0 Å². The number of likely N-dealkylation sites (tertiary alicyclic amines) is 1. The number of benzene rings is 4. The van der Waals surface area contributed by atoms with Crippen molar-refractivity contribution in [2.24, 2.45) is 17.3 Å². The second-order valence-electron chi connectivity index (χ2n) is 23.9. The van der Waals surface area contributed by atoms with Gasteiger partial charge in [0.15, 0.2) is 5.13 Å². The summed E-state index contributed by atoms with van der Waals surface area (Å²) < 4.78 is 49.7. The molecule has 11 rings (SSSR count). The number of hydrogen-bond donors (Lipinski definition) is 5. The van der Waals surface area contributed by atoms with E-state index in [4.69, 9.17) is 16.5 Å². The smallest absolute Gasteiger partial charge is 0.284 e. The van der Waals surface area contributed by atoms with E-state index in [1.807, 2.05) is 52.9 Å². The molecule has 7 aromatic rings. The van der Waals surface area contributed by atoms with Crippen molar-refractivity contribution in [1.29, 1.82) is 0 Å². The number of aliphatic hydroxyl groups is 1. The third-order valence-corrected chi connectivity index (χ3v) is 19.2. The molecule has 4 aliphatic rings. The molecule has 3 fully saturated rings. The molecule has 3 aliphatic heterocycles. The van der Waals surface area contributed by atoms with E-state index in [9.17, 15) is 37.5 Å². The number of aromatic nitrogens is 4. The van der Waals surface area contributed by atoms with E-state index in [1.165, 1.54) is 34.8 Å². The minimum Gasteiger partial charge on any atom is -0.391 e. The van der Waals surface area contributed by atoms with E-state index in [1.54, 1.807) is 74.3 Å². The number of halogens is 1. The predicted molar refractivity (Wildman–Crippen MR) is 326 cm³/mol. The van der Waals surface area contributed by atoms with Gasteiger partial charge in [-0.25, -0.2) is 27.5 Å². The van der Waals surface area contributed by atoms with Gasteiger partial charge in [0.05, 0.1) is 39.0 Å². The number of anilines is 3. The molecule has 2 saturated heterocycles. The van der Waals surface area contributed by atoms with Crippen LogP contribution in [-0.4, -0.2) is 112 Å². The van der Waals surface area contributed by atoms with E-state index >= 15 is 4.39 Å². The summed E-state index contributed by atoms with van der Waals surface area (Å²) in [7, 11) is -4.74. The molecule has 5 amide bonds. The molecule has 1 aliphatic carbocycles. The first kappa shape index (κ1) is 59.2. The van der Waals surface area contributed by atoms with Crippen LogP contribution in [0.3, 0.4) is 0 Å². The Morgan fingerprint density at radius 2 is 1.64 bits per heavy atom. The molecule has 5 N–H and O–H groups in total. The lowest BCUT2D eigenvalue weighted by atomic mass is 9.84. The lowest BCUT2D eigenvalue weighted by Gasteiger charge is -2.42. The number of thiazole rings is 1. The van der Waals surface area contributed by atoms with Gasteiger partial charge in [-0.05, 0) is 115 Å². The van der Waals surface area contributed by atoms with Crippen LogP contribution in [-0.2, 0) is 50.5 Å². The van der Waals surface area contributed by atoms with E-state index in [2.05, 4.69) is 31.6 Å². The van der Waals surface area contributed by atoms with Crippen LogP contribution in [0, 0.1) is 42.3 Å². The Kier molecular flexibility index (Phi) is 16.8. The average Bonchev–Trinajstić information content (AvgIpc) is 1.29. The van der Waals surface area contributed by atoms with Crippen molar-refractivity contribution in [1.82, 2.24) is 40.0 Å². The highest BCUT2D eigenvalue weighted by molar-refractivity contribution is 7.90. The molecule has 3 atom stereocenters. The Balaban J connectivity index is 0.777. The standard InChI is InChI=1S/C64H68FN11O8S2/c1-6-39-19-21-40(22-20-39)31-66-60(80)53-29-44(77)36-75(53)62(82)57(64(3,4)5)70-58(78)43-34-74(35-43)52-25-23-45(30-50(52)65)86(83,84)72-61(81)56-46(48-32-67-76(38(48)2)33-41-13-8-7-9-14-41)24-26-55(69-56)73-28-27-42-15-12-16-47(49(42)37-73)59(79)71-63-68-51-17-10-11-18-54(51)85-63/h1,10-12,15-26,30,32,41,43-44,53,57,77H,7-9,13-14,27-29,31,33-37H2,2-5H3,(H,66,80)(H,70,78)(H,72,81)(H,68,71,79)/t44-,53+,57-/m1/s1. The fourth-order valence-electron chi connectivity index (χ4n) is 12.0. The molecule has 1 saturated carbocycles. The maximum Gasteiger partial charge on any atom is 0.284 e. The summed E-state index contributed by atoms with van der Waals surface area (Å²) in [5.41, 5.74) is 5.20. The molecule has 446 valence electrons. The summed E-state index contributed by atoms with van der Waals surface area (Å²) >= 11 is 1.38. The molecular weight excluding hydrogens is 1130 g/mol. The Morgan fingerprint density at radius 1 is 0.872 bits per heavy atom. The number of nitrogens with one attached hydrogen (secondary N) is 4. The number of para-hydroxylation sites is 1. The van der Waals surface area contributed by atoms with E-state index in [0.29, 0.717) is 58.6 Å². The van der Waals surface area contributed by atoms with Crippen LogP contribution in [0.15, 0.2) is 108 Å². The number of β-amino-alcohol motifs (C(OH)–C–C–N with tert-alkyl or cyclic N) is 1. The highest BCUT2D eigenvalue weighted by Gasteiger charge is 2.46. The quantitative estimate of drug-likeness (QED) is 0.0583. The van der Waals surface area contributed by atoms with Gasteiger partial charge in [0.1, 0.15) is 29.4 Å². The molecular formula is C64H68FN11O8S2. The van der Waals surface area contributed by atoms with Crippen LogP contribution in [0.1, 0.15) is 108 Å². The first-order valence-electron chi connectivity index (χ1n) is 29.0. The topological polar surface area (TPSA) is 241 Å². The van der Waals surface area contributed by atoms with E-state index in [-0.39, 0.29) is 56.4 Å². The van der Waals surface area contributed by atoms with Gasteiger partial charge in [-0.3, -0.25) is 34.0 Å². The Hall–Kier alpha value is -8.52. The summed E-state index contributed by atoms with van der Waals surface area (Å²) in [6.45, 7) is 8.81.